The van der Waals surface area contributed by atoms with E-state index in [-0.39, 0.29) is 24.1 Å². The number of ether oxygens (including phenoxy) is 1. The second-order valence-electron chi connectivity index (χ2n) is 7.48. The molecule has 2 atom stereocenters. The molecule has 0 aromatic heterocycles. The maximum Gasteiger partial charge on any atom is 0.326 e. The first kappa shape index (κ1) is 20.2. The zero-order valence-corrected chi connectivity index (χ0v) is 16.0. The summed E-state index contributed by atoms with van der Waals surface area (Å²) < 4.78 is 6.05. The molecule has 26 heavy (non-hydrogen) atoms. The third kappa shape index (κ3) is 3.85. The van der Waals surface area contributed by atoms with Crippen LogP contribution >= 0.6 is 0 Å². The number of piperidine rings is 1. The van der Waals surface area contributed by atoms with Crippen LogP contribution < -0.4 is 0 Å². The number of urea groups is 1. The van der Waals surface area contributed by atoms with Gasteiger partial charge in [0.2, 0.25) is 5.91 Å². The number of likely N-dealkylation sites (tertiary alicyclic amines) is 1. The largest absolute Gasteiger partial charge is 0.480 e. The Hall–Kier alpha value is -2.09. The van der Waals surface area contributed by atoms with E-state index < -0.39 is 17.6 Å². The van der Waals surface area contributed by atoms with Crippen molar-refractivity contribution in [1.82, 2.24) is 14.7 Å². The molecule has 1 N–H and O–H groups in total. The molecular formula is C18H29N3O5. The van der Waals surface area contributed by atoms with Crippen molar-refractivity contribution in [3.05, 3.63) is 12.7 Å². The Morgan fingerprint density at radius 3 is 2.35 bits per heavy atom. The lowest BCUT2D eigenvalue weighted by molar-refractivity contribution is -0.143. The summed E-state index contributed by atoms with van der Waals surface area (Å²) in [5, 5.41) is 9.38. The molecule has 0 aliphatic carbocycles. The van der Waals surface area contributed by atoms with Gasteiger partial charge in [0, 0.05) is 20.1 Å². The van der Waals surface area contributed by atoms with E-state index in [4.69, 9.17) is 4.74 Å². The van der Waals surface area contributed by atoms with E-state index in [2.05, 4.69) is 6.58 Å². The molecule has 8 heteroatoms. The highest BCUT2D eigenvalue weighted by Crippen LogP contribution is 2.35. The summed E-state index contributed by atoms with van der Waals surface area (Å²) in [6.07, 6.45) is 2.18. The summed E-state index contributed by atoms with van der Waals surface area (Å²) in [6, 6.07) is -1.15. The second kappa shape index (κ2) is 7.65. The first-order valence-electron chi connectivity index (χ1n) is 8.97. The molecule has 0 saturated carbocycles. The van der Waals surface area contributed by atoms with Crippen LogP contribution in [-0.4, -0.2) is 82.3 Å². The fourth-order valence-electron chi connectivity index (χ4n) is 3.90. The molecule has 2 aliphatic heterocycles. The Balaban J connectivity index is 2.00. The number of carboxylic acids is 1. The SMILES string of the molecule is C=CC(=O)N1CC2(CCN(C(=O)N(C)[C@H](C(=O)O)C(C)C)CC2)O[C@@H]1C. The number of carbonyl (C=O) groups excluding carboxylic acids is 2. The first-order chi connectivity index (χ1) is 12.1. The molecule has 2 fully saturated rings. The zero-order valence-electron chi connectivity index (χ0n) is 16.0. The predicted octanol–water partition coefficient (Wildman–Crippen LogP) is 1.37. The summed E-state index contributed by atoms with van der Waals surface area (Å²) in [6.45, 7) is 10.3. The van der Waals surface area contributed by atoms with Crippen molar-refractivity contribution in [2.24, 2.45) is 5.92 Å². The summed E-state index contributed by atoms with van der Waals surface area (Å²) in [5.41, 5.74) is -0.447. The zero-order chi connectivity index (χ0) is 19.6. The molecule has 0 aromatic rings. The van der Waals surface area contributed by atoms with E-state index in [0.29, 0.717) is 32.5 Å². The van der Waals surface area contributed by atoms with Gasteiger partial charge in [0.05, 0.1) is 12.1 Å². The molecule has 0 unspecified atom stereocenters. The van der Waals surface area contributed by atoms with Gasteiger partial charge in [0.15, 0.2) is 0 Å². The lowest BCUT2D eigenvalue weighted by Gasteiger charge is -2.40. The van der Waals surface area contributed by atoms with Gasteiger partial charge < -0.3 is 24.5 Å². The van der Waals surface area contributed by atoms with Crippen molar-refractivity contribution in [3.8, 4) is 0 Å². The predicted molar refractivity (Wildman–Crippen MR) is 95.4 cm³/mol. The maximum absolute atomic E-state index is 12.7. The molecule has 2 rings (SSSR count). The van der Waals surface area contributed by atoms with Gasteiger partial charge in [0.1, 0.15) is 12.3 Å². The van der Waals surface area contributed by atoms with E-state index in [1.807, 2.05) is 6.92 Å². The van der Waals surface area contributed by atoms with Gasteiger partial charge >= 0.3 is 12.0 Å². The van der Waals surface area contributed by atoms with Crippen LogP contribution in [0.3, 0.4) is 0 Å². The lowest BCUT2D eigenvalue weighted by Crippen LogP contribution is -2.55. The molecule has 0 radical (unpaired) electrons. The Morgan fingerprint density at radius 1 is 1.31 bits per heavy atom. The van der Waals surface area contributed by atoms with Gasteiger partial charge in [-0.3, -0.25) is 4.79 Å². The molecule has 2 aliphatic rings. The van der Waals surface area contributed by atoms with Crippen molar-refractivity contribution < 1.29 is 24.2 Å². The average Bonchev–Trinajstić information content (AvgIpc) is 2.89. The third-order valence-electron chi connectivity index (χ3n) is 5.32. The summed E-state index contributed by atoms with van der Waals surface area (Å²) >= 11 is 0. The van der Waals surface area contributed by atoms with Crippen molar-refractivity contribution in [3.63, 3.8) is 0 Å². The van der Waals surface area contributed by atoms with Crippen LogP contribution in [0, 0.1) is 5.92 Å². The molecule has 8 nitrogen and oxygen atoms in total. The van der Waals surface area contributed by atoms with Crippen LogP contribution in [0.2, 0.25) is 0 Å². The van der Waals surface area contributed by atoms with Crippen LogP contribution in [0.15, 0.2) is 12.7 Å². The van der Waals surface area contributed by atoms with Gasteiger partial charge in [-0.05, 0) is 31.8 Å². The van der Waals surface area contributed by atoms with Crippen LogP contribution in [0.5, 0.6) is 0 Å². The van der Waals surface area contributed by atoms with E-state index in [0.717, 1.165) is 0 Å². The quantitative estimate of drug-likeness (QED) is 0.758. The minimum absolute atomic E-state index is 0.158. The fraction of sp³-hybridized carbons (Fsp3) is 0.722. The minimum atomic E-state index is -1.00. The molecule has 146 valence electrons. The average molecular weight is 367 g/mol. The Bertz CT molecular complexity index is 583. The van der Waals surface area contributed by atoms with Crippen LogP contribution in [-0.2, 0) is 14.3 Å². The summed E-state index contributed by atoms with van der Waals surface area (Å²) in [7, 11) is 1.53. The number of amides is 3. The molecule has 2 heterocycles. The van der Waals surface area contributed by atoms with E-state index in [1.165, 1.54) is 18.0 Å². The van der Waals surface area contributed by atoms with Gasteiger partial charge in [-0.2, -0.15) is 0 Å². The van der Waals surface area contributed by atoms with E-state index in [1.54, 1.807) is 23.6 Å². The highest BCUT2D eigenvalue weighted by Gasteiger charge is 2.47. The molecule has 2 saturated heterocycles. The fourth-order valence-corrected chi connectivity index (χ4v) is 3.90. The molecule has 3 amide bonds. The van der Waals surface area contributed by atoms with Crippen molar-refractivity contribution in [2.45, 2.75) is 51.5 Å². The van der Waals surface area contributed by atoms with Crippen LogP contribution in [0.4, 0.5) is 4.79 Å². The topological polar surface area (TPSA) is 90.4 Å². The first-order valence-corrected chi connectivity index (χ1v) is 8.97. The van der Waals surface area contributed by atoms with Crippen molar-refractivity contribution in [1.29, 1.82) is 0 Å². The number of carbonyl (C=O) groups is 3. The van der Waals surface area contributed by atoms with Crippen molar-refractivity contribution >= 4 is 17.9 Å². The lowest BCUT2D eigenvalue weighted by atomic mass is 9.91. The van der Waals surface area contributed by atoms with Gasteiger partial charge in [-0.15, -0.1) is 0 Å². The Labute approximate surface area is 154 Å². The number of hydrogen-bond acceptors (Lipinski definition) is 4. The summed E-state index contributed by atoms with van der Waals surface area (Å²) in [5.74, 6) is -1.35. The highest BCUT2D eigenvalue weighted by molar-refractivity contribution is 5.87. The monoisotopic (exact) mass is 367 g/mol. The minimum Gasteiger partial charge on any atom is -0.480 e. The Morgan fingerprint density at radius 2 is 1.88 bits per heavy atom. The normalized spacial score (nSPS) is 23.2. The Kier molecular flexibility index (Phi) is 5.95. The number of likely N-dealkylation sites (N-methyl/N-ethyl adjacent to an activating group) is 1. The number of rotatable bonds is 4. The second-order valence-corrected chi connectivity index (χ2v) is 7.48. The number of nitrogens with zero attached hydrogens (tertiary/aromatic N) is 3. The van der Waals surface area contributed by atoms with Gasteiger partial charge in [0.25, 0.3) is 0 Å². The van der Waals surface area contributed by atoms with Crippen LogP contribution in [0.1, 0.15) is 33.6 Å². The van der Waals surface area contributed by atoms with Gasteiger partial charge in [-0.25, -0.2) is 9.59 Å². The summed E-state index contributed by atoms with van der Waals surface area (Å²) in [4.78, 5) is 40.7. The highest BCUT2D eigenvalue weighted by atomic mass is 16.5. The third-order valence-corrected chi connectivity index (χ3v) is 5.32. The number of aliphatic carboxylic acids is 1. The van der Waals surface area contributed by atoms with Crippen molar-refractivity contribution in [2.75, 3.05) is 26.7 Å². The number of carboxylic acid groups (broad SMARTS) is 1. The standard InChI is InChI=1S/C18H29N3O5/c1-6-14(22)21-11-18(26-13(21)4)7-9-20(10-8-18)17(25)19(5)15(12(2)3)16(23)24/h6,12-13,15H,1,7-11H2,2-5H3,(H,23,24)/t13-,15+/m1/s1. The maximum atomic E-state index is 12.7. The molecule has 1 spiro atoms. The van der Waals surface area contributed by atoms with E-state index in [9.17, 15) is 19.5 Å². The van der Waals surface area contributed by atoms with E-state index >= 15 is 0 Å². The number of hydrogen-bond donors (Lipinski definition) is 1. The van der Waals surface area contributed by atoms with Crippen LogP contribution in [0.25, 0.3) is 0 Å². The molecule has 0 bridgehead atoms. The smallest absolute Gasteiger partial charge is 0.326 e. The molecular weight excluding hydrogens is 338 g/mol. The molecule has 0 aromatic carbocycles. The van der Waals surface area contributed by atoms with Gasteiger partial charge in [-0.1, -0.05) is 20.4 Å².